The maximum absolute atomic E-state index is 12.2. The molecule has 2 aromatic rings. The van der Waals surface area contributed by atoms with Crippen LogP contribution >= 0.6 is 0 Å². The molecule has 0 bridgehead atoms. The topological polar surface area (TPSA) is 91.3 Å². The number of nitrogens with one attached hydrogen (secondary N) is 2. The maximum atomic E-state index is 12.2. The monoisotopic (exact) mass is 327 g/mol. The Labute approximate surface area is 140 Å². The molecule has 0 aliphatic heterocycles. The second kappa shape index (κ2) is 8.21. The highest BCUT2D eigenvalue weighted by Crippen LogP contribution is 2.12. The second-order valence-corrected chi connectivity index (χ2v) is 5.59. The smallest absolute Gasteiger partial charge is 0.335 e. The van der Waals surface area contributed by atoms with Crippen LogP contribution in [0, 0.1) is 0 Å². The first kappa shape index (κ1) is 17.6. The van der Waals surface area contributed by atoms with Crippen LogP contribution in [0.5, 0.6) is 0 Å². The van der Waals surface area contributed by atoms with E-state index < -0.39 is 12.0 Å². The van der Waals surface area contributed by atoms with Gasteiger partial charge in [0.1, 0.15) is 0 Å². The number of amides is 1. The van der Waals surface area contributed by atoms with Crippen LogP contribution in [0.3, 0.4) is 0 Å². The summed E-state index contributed by atoms with van der Waals surface area (Å²) in [6, 6.07) is 11.9. The fourth-order valence-corrected chi connectivity index (χ4v) is 2.29. The van der Waals surface area contributed by atoms with E-state index in [0.29, 0.717) is 12.2 Å². The van der Waals surface area contributed by atoms with E-state index in [1.807, 2.05) is 37.3 Å². The van der Waals surface area contributed by atoms with Crippen LogP contribution in [0.25, 0.3) is 0 Å². The summed E-state index contributed by atoms with van der Waals surface area (Å²) in [5.41, 5.74) is 1.79. The Bertz CT molecular complexity index is 704. The van der Waals surface area contributed by atoms with E-state index in [-0.39, 0.29) is 17.5 Å². The number of aromatic nitrogens is 1. The minimum Gasteiger partial charge on any atom is -0.478 e. The number of benzene rings is 1. The molecule has 1 aromatic carbocycles. The summed E-state index contributed by atoms with van der Waals surface area (Å²) in [6.07, 6.45) is 1.46. The number of hydrogen-bond acceptors (Lipinski definition) is 4. The number of carbonyl (C=O) groups is 2. The molecule has 0 aliphatic rings. The van der Waals surface area contributed by atoms with Gasteiger partial charge in [0, 0.05) is 18.8 Å². The van der Waals surface area contributed by atoms with E-state index in [4.69, 9.17) is 5.11 Å². The third kappa shape index (κ3) is 4.89. The van der Waals surface area contributed by atoms with Crippen LogP contribution in [-0.4, -0.2) is 28.0 Å². The molecule has 1 amide bonds. The predicted molar refractivity (Wildman–Crippen MR) is 90.5 cm³/mol. The van der Waals surface area contributed by atoms with Crippen molar-refractivity contribution in [2.45, 2.75) is 32.5 Å². The van der Waals surface area contributed by atoms with Gasteiger partial charge >= 0.3 is 5.97 Å². The summed E-state index contributed by atoms with van der Waals surface area (Å²) in [7, 11) is 0. The van der Waals surface area contributed by atoms with Crippen molar-refractivity contribution >= 4 is 11.9 Å². The molecule has 1 aromatic heterocycles. The zero-order chi connectivity index (χ0) is 17.5. The minimum atomic E-state index is -1.00. The molecular formula is C18H21N3O3. The van der Waals surface area contributed by atoms with E-state index in [0.717, 1.165) is 5.56 Å². The molecular weight excluding hydrogens is 306 g/mol. The van der Waals surface area contributed by atoms with Gasteiger partial charge in [-0.3, -0.25) is 15.1 Å². The number of carbonyl (C=O) groups excluding carboxylic acids is 1. The number of carboxylic acids is 1. The van der Waals surface area contributed by atoms with Crippen molar-refractivity contribution in [3.8, 4) is 0 Å². The highest BCUT2D eigenvalue weighted by atomic mass is 16.4. The Morgan fingerprint density at radius 3 is 2.54 bits per heavy atom. The van der Waals surface area contributed by atoms with Crippen LogP contribution in [0.15, 0.2) is 48.7 Å². The summed E-state index contributed by atoms with van der Waals surface area (Å²) in [5.74, 6) is -1.13. The molecule has 0 aliphatic carbocycles. The van der Waals surface area contributed by atoms with Gasteiger partial charge in [-0.1, -0.05) is 30.3 Å². The third-order valence-electron chi connectivity index (χ3n) is 3.67. The Morgan fingerprint density at radius 2 is 1.88 bits per heavy atom. The summed E-state index contributed by atoms with van der Waals surface area (Å²) >= 11 is 0. The van der Waals surface area contributed by atoms with Gasteiger partial charge in [0.05, 0.1) is 17.3 Å². The normalized spacial score (nSPS) is 13.1. The zero-order valence-electron chi connectivity index (χ0n) is 13.7. The van der Waals surface area contributed by atoms with Crippen molar-refractivity contribution < 1.29 is 14.7 Å². The van der Waals surface area contributed by atoms with Crippen molar-refractivity contribution in [2.24, 2.45) is 0 Å². The largest absolute Gasteiger partial charge is 0.478 e. The second-order valence-electron chi connectivity index (χ2n) is 5.59. The predicted octanol–water partition coefficient (Wildman–Crippen LogP) is 2.14. The van der Waals surface area contributed by atoms with Crippen molar-refractivity contribution in [3.63, 3.8) is 0 Å². The van der Waals surface area contributed by atoms with E-state index in [1.54, 1.807) is 6.92 Å². The zero-order valence-corrected chi connectivity index (χ0v) is 13.7. The van der Waals surface area contributed by atoms with Crippen molar-refractivity contribution in [1.29, 1.82) is 0 Å². The molecule has 0 fully saturated rings. The Balaban J connectivity index is 1.90. The van der Waals surface area contributed by atoms with Gasteiger partial charge in [-0.2, -0.15) is 0 Å². The molecule has 1 heterocycles. The number of aromatic carboxylic acids is 1. The molecule has 2 atom stereocenters. The van der Waals surface area contributed by atoms with Crippen molar-refractivity contribution in [1.82, 2.24) is 15.6 Å². The fourth-order valence-electron chi connectivity index (χ4n) is 2.29. The van der Waals surface area contributed by atoms with Gasteiger partial charge in [-0.25, -0.2) is 4.79 Å². The first-order valence-electron chi connectivity index (χ1n) is 7.74. The first-order chi connectivity index (χ1) is 11.5. The van der Waals surface area contributed by atoms with Gasteiger partial charge in [0.15, 0.2) is 0 Å². The van der Waals surface area contributed by atoms with E-state index in [2.05, 4.69) is 15.6 Å². The van der Waals surface area contributed by atoms with Crippen LogP contribution in [0.1, 0.15) is 41.5 Å². The highest BCUT2D eigenvalue weighted by molar-refractivity contribution is 5.87. The summed E-state index contributed by atoms with van der Waals surface area (Å²) < 4.78 is 0. The molecule has 126 valence electrons. The number of nitrogens with zero attached hydrogens (tertiary/aromatic N) is 1. The van der Waals surface area contributed by atoms with Crippen molar-refractivity contribution in [3.05, 3.63) is 65.5 Å². The summed E-state index contributed by atoms with van der Waals surface area (Å²) in [6.45, 7) is 4.07. The van der Waals surface area contributed by atoms with E-state index >= 15 is 0 Å². The van der Waals surface area contributed by atoms with Gasteiger partial charge in [-0.15, -0.1) is 0 Å². The Hall–Kier alpha value is -2.73. The minimum absolute atomic E-state index is 0.125. The van der Waals surface area contributed by atoms with Gasteiger partial charge in [0.2, 0.25) is 5.91 Å². The van der Waals surface area contributed by atoms with Crippen LogP contribution in [0.4, 0.5) is 0 Å². The molecule has 24 heavy (non-hydrogen) atoms. The third-order valence-corrected chi connectivity index (χ3v) is 3.67. The quantitative estimate of drug-likeness (QED) is 0.725. The lowest BCUT2D eigenvalue weighted by Gasteiger charge is -2.19. The van der Waals surface area contributed by atoms with Crippen molar-refractivity contribution in [2.75, 3.05) is 0 Å². The molecule has 3 N–H and O–H groups in total. The molecule has 6 heteroatoms. The first-order valence-corrected chi connectivity index (χ1v) is 7.74. The van der Waals surface area contributed by atoms with E-state index in [9.17, 15) is 9.59 Å². The molecule has 0 spiro atoms. The molecule has 2 unspecified atom stereocenters. The summed E-state index contributed by atoms with van der Waals surface area (Å²) in [5, 5.41) is 15.0. The van der Waals surface area contributed by atoms with Crippen LogP contribution < -0.4 is 10.6 Å². The maximum Gasteiger partial charge on any atom is 0.335 e. The Kier molecular flexibility index (Phi) is 6.03. The van der Waals surface area contributed by atoms with Gasteiger partial charge < -0.3 is 10.4 Å². The average Bonchev–Trinajstić information content (AvgIpc) is 2.60. The molecule has 6 nitrogen and oxygen atoms in total. The van der Waals surface area contributed by atoms with Gasteiger partial charge in [-0.05, 0) is 31.5 Å². The molecule has 0 saturated heterocycles. The fraction of sp³-hybridized carbons (Fsp3) is 0.278. The van der Waals surface area contributed by atoms with E-state index in [1.165, 1.54) is 18.3 Å². The number of hydrogen-bond donors (Lipinski definition) is 3. The number of rotatable bonds is 7. The molecule has 2 rings (SSSR count). The SMILES string of the molecule is CC(NC(C)c1cc(C(=O)O)ccn1)C(=O)NCc1ccccc1. The Morgan fingerprint density at radius 1 is 1.17 bits per heavy atom. The van der Waals surface area contributed by atoms with Gasteiger partial charge in [0.25, 0.3) is 0 Å². The summed E-state index contributed by atoms with van der Waals surface area (Å²) in [4.78, 5) is 27.4. The number of carboxylic acid groups (broad SMARTS) is 1. The molecule has 0 radical (unpaired) electrons. The van der Waals surface area contributed by atoms with Crippen LogP contribution in [-0.2, 0) is 11.3 Å². The standard InChI is InChI=1S/C18H21N3O3/c1-12(16-10-15(18(23)24)8-9-19-16)21-13(2)17(22)20-11-14-6-4-3-5-7-14/h3-10,12-13,21H,11H2,1-2H3,(H,20,22)(H,23,24). The lowest BCUT2D eigenvalue weighted by molar-refractivity contribution is -0.123. The van der Waals surface area contributed by atoms with Crippen LogP contribution in [0.2, 0.25) is 0 Å². The number of pyridine rings is 1. The lowest BCUT2D eigenvalue weighted by Crippen LogP contribution is -2.43. The molecule has 0 saturated carbocycles. The lowest BCUT2D eigenvalue weighted by atomic mass is 10.1. The average molecular weight is 327 g/mol. The highest BCUT2D eigenvalue weighted by Gasteiger charge is 2.17.